The lowest BCUT2D eigenvalue weighted by Crippen LogP contribution is -2.36. The van der Waals surface area contributed by atoms with Crippen molar-refractivity contribution >= 4 is 34.1 Å². The molecule has 0 aliphatic carbocycles. The van der Waals surface area contributed by atoms with Crippen LogP contribution in [0.25, 0.3) is 0 Å². The fraction of sp³-hybridized carbons (Fsp3) is 0.348. The lowest BCUT2D eigenvalue weighted by Gasteiger charge is -2.25. The van der Waals surface area contributed by atoms with E-state index in [-0.39, 0.29) is 17.7 Å². The lowest BCUT2D eigenvalue weighted by atomic mass is 9.98. The number of morpholine rings is 1. The summed E-state index contributed by atoms with van der Waals surface area (Å²) in [5, 5.41) is 12.5. The number of nitrogens with one attached hydrogen (secondary N) is 1. The molecule has 2 aromatic carbocycles. The van der Waals surface area contributed by atoms with E-state index in [2.05, 4.69) is 20.4 Å². The van der Waals surface area contributed by atoms with Crippen molar-refractivity contribution in [3.05, 3.63) is 59.7 Å². The molecule has 33 heavy (non-hydrogen) atoms. The Labute approximate surface area is 201 Å². The minimum atomic E-state index is -0.298. The summed E-state index contributed by atoms with van der Waals surface area (Å²) in [5.41, 5.74) is 1.93. The number of amides is 1. The van der Waals surface area contributed by atoms with E-state index in [0.29, 0.717) is 13.2 Å². The number of rotatable bonds is 9. The molecule has 0 radical (unpaired) electrons. The molecule has 0 atom stereocenters. The van der Waals surface area contributed by atoms with Gasteiger partial charge in [-0.2, -0.15) is 0 Å². The Morgan fingerprint density at radius 2 is 1.61 bits per heavy atom. The highest BCUT2D eigenvalue weighted by atomic mass is 32.2. The minimum Gasteiger partial charge on any atom is -0.497 e. The second-order valence-electron chi connectivity index (χ2n) is 7.29. The van der Waals surface area contributed by atoms with Gasteiger partial charge in [0, 0.05) is 13.1 Å². The number of ether oxygens (including phenoxy) is 3. The predicted octanol–water partition coefficient (Wildman–Crippen LogP) is 3.39. The van der Waals surface area contributed by atoms with E-state index in [1.807, 2.05) is 48.5 Å². The third-order valence-corrected chi connectivity index (χ3v) is 7.33. The maximum atomic E-state index is 12.9. The summed E-state index contributed by atoms with van der Waals surface area (Å²) < 4.78 is 16.7. The van der Waals surface area contributed by atoms with Crippen LogP contribution in [0.15, 0.2) is 52.9 Å². The van der Waals surface area contributed by atoms with E-state index in [1.165, 1.54) is 23.1 Å². The SMILES string of the molecule is COc1ccc(C(NC(=O)CSc2nnc(N3CCOCC3)s2)c2ccc(OC)cc2)cc1. The van der Waals surface area contributed by atoms with Gasteiger partial charge in [0.15, 0.2) is 4.34 Å². The number of aromatic nitrogens is 2. The largest absolute Gasteiger partial charge is 0.497 e. The number of hydrogen-bond donors (Lipinski definition) is 1. The molecule has 1 aromatic heterocycles. The number of methoxy groups -OCH3 is 2. The Hall–Kier alpha value is -2.82. The minimum absolute atomic E-state index is 0.0836. The summed E-state index contributed by atoms with van der Waals surface area (Å²) in [6.07, 6.45) is 0. The van der Waals surface area contributed by atoms with Crippen LogP contribution in [0.2, 0.25) is 0 Å². The molecule has 1 aliphatic rings. The molecule has 174 valence electrons. The highest BCUT2D eigenvalue weighted by Crippen LogP contribution is 2.29. The van der Waals surface area contributed by atoms with Crippen LogP contribution in [0.4, 0.5) is 5.13 Å². The summed E-state index contributed by atoms with van der Waals surface area (Å²) in [5.74, 6) is 1.70. The van der Waals surface area contributed by atoms with Gasteiger partial charge in [0.25, 0.3) is 0 Å². The van der Waals surface area contributed by atoms with Crippen molar-refractivity contribution in [2.75, 3.05) is 51.2 Å². The number of carbonyl (C=O) groups excluding carboxylic acids is 1. The van der Waals surface area contributed by atoms with Crippen LogP contribution in [-0.4, -0.2) is 62.4 Å². The first kappa shape index (κ1) is 23.3. The average molecular weight is 487 g/mol. The summed E-state index contributed by atoms with van der Waals surface area (Å²) in [7, 11) is 3.26. The predicted molar refractivity (Wildman–Crippen MR) is 130 cm³/mol. The monoisotopic (exact) mass is 486 g/mol. The number of benzene rings is 2. The van der Waals surface area contributed by atoms with Crippen molar-refractivity contribution in [3.63, 3.8) is 0 Å². The molecule has 1 saturated heterocycles. The molecule has 0 unspecified atom stereocenters. The molecule has 1 N–H and O–H groups in total. The molecule has 0 spiro atoms. The third kappa shape index (κ3) is 6.16. The zero-order chi connectivity index (χ0) is 23.0. The first-order valence-electron chi connectivity index (χ1n) is 10.5. The summed E-state index contributed by atoms with van der Waals surface area (Å²) in [6, 6.07) is 15.1. The van der Waals surface area contributed by atoms with E-state index >= 15 is 0 Å². The number of nitrogens with zero attached hydrogens (tertiary/aromatic N) is 3. The molecule has 4 rings (SSSR count). The second kappa shape index (κ2) is 11.4. The number of anilines is 1. The first-order valence-corrected chi connectivity index (χ1v) is 12.3. The molecular weight excluding hydrogens is 460 g/mol. The molecular formula is C23H26N4O4S2. The van der Waals surface area contributed by atoms with Crippen LogP contribution in [0, 0.1) is 0 Å². The Morgan fingerprint density at radius 3 is 2.15 bits per heavy atom. The maximum Gasteiger partial charge on any atom is 0.231 e. The summed E-state index contributed by atoms with van der Waals surface area (Å²) in [6.45, 7) is 3.02. The average Bonchev–Trinajstić information content (AvgIpc) is 3.36. The zero-order valence-corrected chi connectivity index (χ0v) is 20.2. The second-order valence-corrected chi connectivity index (χ2v) is 9.46. The number of carbonyl (C=O) groups is 1. The van der Waals surface area contributed by atoms with Crippen LogP contribution in [0.3, 0.4) is 0 Å². The standard InChI is InChI=1S/C23H26N4O4S2/c1-29-18-7-3-16(4-8-18)21(17-5-9-19(30-2)10-6-17)24-20(28)15-32-23-26-25-22(33-23)27-11-13-31-14-12-27/h3-10,21H,11-15H2,1-2H3,(H,24,28). The van der Waals surface area contributed by atoms with Crippen LogP contribution >= 0.6 is 23.1 Å². The van der Waals surface area contributed by atoms with E-state index < -0.39 is 0 Å². The molecule has 8 nitrogen and oxygen atoms in total. The zero-order valence-electron chi connectivity index (χ0n) is 18.5. The maximum absolute atomic E-state index is 12.9. The number of thioether (sulfide) groups is 1. The van der Waals surface area contributed by atoms with Crippen LogP contribution < -0.4 is 19.7 Å². The van der Waals surface area contributed by atoms with E-state index in [4.69, 9.17) is 14.2 Å². The fourth-order valence-corrected chi connectivity index (χ4v) is 5.13. The van der Waals surface area contributed by atoms with E-state index in [9.17, 15) is 4.79 Å². The summed E-state index contributed by atoms with van der Waals surface area (Å²) >= 11 is 2.90. The lowest BCUT2D eigenvalue weighted by molar-refractivity contribution is -0.119. The Balaban J connectivity index is 1.42. The Kier molecular flexibility index (Phi) is 8.03. The van der Waals surface area contributed by atoms with Crippen molar-refractivity contribution in [3.8, 4) is 11.5 Å². The van der Waals surface area contributed by atoms with Gasteiger partial charge in [0.1, 0.15) is 11.5 Å². The van der Waals surface area contributed by atoms with E-state index in [0.717, 1.165) is 45.2 Å². The molecule has 0 bridgehead atoms. The van der Waals surface area contributed by atoms with Crippen LogP contribution in [-0.2, 0) is 9.53 Å². The smallest absolute Gasteiger partial charge is 0.231 e. The number of hydrogen-bond acceptors (Lipinski definition) is 9. The van der Waals surface area contributed by atoms with Gasteiger partial charge in [-0.1, -0.05) is 47.4 Å². The van der Waals surface area contributed by atoms with Gasteiger partial charge in [-0.05, 0) is 35.4 Å². The van der Waals surface area contributed by atoms with Crippen molar-refractivity contribution in [2.45, 2.75) is 10.4 Å². The molecule has 0 saturated carbocycles. The Bertz CT molecular complexity index is 990. The van der Waals surface area contributed by atoms with Gasteiger partial charge in [-0.15, -0.1) is 10.2 Å². The Morgan fingerprint density at radius 1 is 1.03 bits per heavy atom. The van der Waals surface area contributed by atoms with Crippen molar-refractivity contribution in [2.24, 2.45) is 0 Å². The highest BCUT2D eigenvalue weighted by Gasteiger charge is 2.19. The van der Waals surface area contributed by atoms with Gasteiger partial charge < -0.3 is 24.4 Å². The van der Waals surface area contributed by atoms with E-state index in [1.54, 1.807) is 14.2 Å². The summed E-state index contributed by atoms with van der Waals surface area (Å²) in [4.78, 5) is 15.0. The van der Waals surface area contributed by atoms with Gasteiger partial charge in [-0.3, -0.25) is 4.79 Å². The fourth-order valence-electron chi connectivity index (χ4n) is 3.43. The molecule has 1 aliphatic heterocycles. The van der Waals surface area contributed by atoms with Gasteiger partial charge in [0.2, 0.25) is 11.0 Å². The van der Waals surface area contributed by atoms with Crippen molar-refractivity contribution < 1.29 is 19.0 Å². The molecule has 3 aromatic rings. The van der Waals surface area contributed by atoms with Crippen LogP contribution in [0.1, 0.15) is 17.2 Å². The normalized spacial score (nSPS) is 13.7. The third-order valence-electron chi connectivity index (χ3n) is 5.21. The van der Waals surface area contributed by atoms with Gasteiger partial charge >= 0.3 is 0 Å². The molecule has 2 heterocycles. The van der Waals surface area contributed by atoms with Crippen molar-refractivity contribution in [1.82, 2.24) is 15.5 Å². The van der Waals surface area contributed by atoms with Crippen LogP contribution in [0.5, 0.6) is 11.5 Å². The topological polar surface area (TPSA) is 85.8 Å². The molecule has 1 amide bonds. The van der Waals surface area contributed by atoms with Gasteiger partial charge in [-0.25, -0.2) is 0 Å². The first-order chi connectivity index (χ1) is 16.2. The highest BCUT2D eigenvalue weighted by molar-refractivity contribution is 8.01. The van der Waals surface area contributed by atoms with Crippen molar-refractivity contribution in [1.29, 1.82) is 0 Å². The quantitative estimate of drug-likeness (QED) is 0.461. The molecule has 10 heteroatoms. The molecule has 1 fully saturated rings. The van der Waals surface area contributed by atoms with Gasteiger partial charge in [0.05, 0.1) is 39.2 Å².